The molecule has 2 nitrogen and oxygen atoms in total. The summed E-state index contributed by atoms with van der Waals surface area (Å²) in [6, 6.07) is 0. The van der Waals surface area contributed by atoms with E-state index in [-0.39, 0.29) is 0 Å². The van der Waals surface area contributed by atoms with Gasteiger partial charge in [-0.2, -0.15) is 0 Å². The van der Waals surface area contributed by atoms with Crippen LogP contribution in [0.1, 0.15) is 12.8 Å². The Kier molecular flexibility index (Phi) is 5.33. The number of hydrogen-bond acceptors (Lipinski definition) is 2. The van der Waals surface area contributed by atoms with E-state index in [1.54, 1.807) is 0 Å². The van der Waals surface area contributed by atoms with Gasteiger partial charge in [-0.3, -0.25) is 0 Å². The Labute approximate surface area is 44.4 Å². The standard InChI is InChI=1S/C4H9N.CH3N/c1-2-4-5-3-1;1-2/h5H,1-4H2;2H,1H2. The van der Waals surface area contributed by atoms with Crippen LogP contribution in [-0.2, 0) is 0 Å². The van der Waals surface area contributed by atoms with Crippen molar-refractivity contribution in [1.82, 2.24) is 5.32 Å². The molecule has 0 aromatic rings. The molecule has 0 aliphatic carbocycles. The minimum atomic E-state index is 1.25. The molecule has 7 heavy (non-hydrogen) atoms. The highest BCUT2D eigenvalue weighted by Gasteiger charge is 1.93. The zero-order valence-electron chi connectivity index (χ0n) is 4.54. The maximum Gasteiger partial charge on any atom is -0.00484 e. The van der Waals surface area contributed by atoms with Crippen LogP contribution < -0.4 is 5.32 Å². The van der Waals surface area contributed by atoms with Crippen LogP contribution in [0.3, 0.4) is 0 Å². The monoisotopic (exact) mass is 100 g/mol. The maximum absolute atomic E-state index is 5.50. The third kappa shape index (κ3) is 3.46. The molecular weight excluding hydrogens is 88.1 g/mol. The molecule has 0 unspecified atom stereocenters. The molecule has 2 N–H and O–H groups in total. The fourth-order valence-electron chi connectivity index (χ4n) is 0.625. The van der Waals surface area contributed by atoms with Gasteiger partial charge in [0.05, 0.1) is 0 Å². The summed E-state index contributed by atoms with van der Waals surface area (Å²) in [5.74, 6) is 0. The second kappa shape index (κ2) is 5.63. The molecule has 0 bridgehead atoms. The van der Waals surface area contributed by atoms with Crippen LogP contribution in [0.15, 0.2) is 0 Å². The largest absolute Gasteiger partial charge is 0.317 e. The van der Waals surface area contributed by atoms with Crippen LogP contribution in [0.2, 0.25) is 0 Å². The van der Waals surface area contributed by atoms with Gasteiger partial charge in [-0.05, 0) is 32.6 Å². The third-order valence-corrected chi connectivity index (χ3v) is 0.957. The highest BCUT2D eigenvalue weighted by molar-refractivity contribution is 5.15. The molecule has 1 aliphatic rings. The molecule has 0 spiro atoms. The molecule has 42 valence electrons. The van der Waals surface area contributed by atoms with E-state index in [2.05, 4.69) is 12.0 Å². The van der Waals surface area contributed by atoms with E-state index in [4.69, 9.17) is 5.41 Å². The van der Waals surface area contributed by atoms with Gasteiger partial charge in [-0.1, -0.05) is 0 Å². The van der Waals surface area contributed by atoms with E-state index in [0.29, 0.717) is 0 Å². The first-order chi connectivity index (χ1) is 3.50. The Morgan fingerprint density at radius 2 is 1.57 bits per heavy atom. The Morgan fingerprint density at radius 1 is 1.14 bits per heavy atom. The van der Waals surface area contributed by atoms with Gasteiger partial charge >= 0.3 is 0 Å². The topological polar surface area (TPSA) is 35.9 Å². The molecule has 0 aromatic heterocycles. The summed E-state index contributed by atoms with van der Waals surface area (Å²) in [5.41, 5.74) is 0. The molecule has 0 saturated carbocycles. The minimum Gasteiger partial charge on any atom is -0.317 e. The molecule has 2 heteroatoms. The maximum atomic E-state index is 5.50. The average molecular weight is 100 g/mol. The normalized spacial score (nSPS) is 17.7. The summed E-state index contributed by atoms with van der Waals surface area (Å²) in [4.78, 5) is 0. The number of hydrogen-bond donors (Lipinski definition) is 2. The molecule has 0 amide bonds. The van der Waals surface area contributed by atoms with Gasteiger partial charge in [0.25, 0.3) is 0 Å². The molecule has 1 saturated heterocycles. The lowest BCUT2D eigenvalue weighted by atomic mass is 10.4. The van der Waals surface area contributed by atoms with E-state index in [0.717, 1.165) is 0 Å². The van der Waals surface area contributed by atoms with Crippen LogP contribution in [0.25, 0.3) is 0 Å². The molecule has 1 aliphatic heterocycles. The van der Waals surface area contributed by atoms with Crippen molar-refractivity contribution in [3.63, 3.8) is 0 Å². The summed E-state index contributed by atoms with van der Waals surface area (Å²) >= 11 is 0. The van der Waals surface area contributed by atoms with Gasteiger partial charge in [-0.25, -0.2) is 0 Å². The van der Waals surface area contributed by atoms with E-state index in [9.17, 15) is 0 Å². The van der Waals surface area contributed by atoms with E-state index >= 15 is 0 Å². The Balaban J connectivity index is 0.000000162. The van der Waals surface area contributed by atoms with Gasteiger partial charge in [0.15, 0.2) is 0 Å². The van der Waals surface area contributed by atoms with Gasteiger partial charge in [0.2, 0.25) is 0 Å². The van der Waals surface area contributed by atoms with Crippen molar-refractivity contribution < 1.29 is 0 Å². The Bertz CT molecular complexity index is 25.5. The molecule has 1 fully saturated rings. The van der Waals surface area contributed by atoms with Crippen molar-refractivity contribution in [1.29, 1.82) is 5.41 Å². The lowest BCUT2D eigenvalue weighted by Gasteiger charge is -1.76. The highest BCUT2D eigenvalue weighted by Crippen LogP contribution is 1.90. The van der Waals surface area contributed by atoms with E-state index in [1.807, 2.05) is 0 Å². The SMILES string of the molecule is C1CCNC1.C=N. The second-order valence-corrected chi connectivity index (χ2v) is 1.46. The van der Waals surface area contributed by atoms with Crippen LogP contribution in [0, 0.1) is 5.41 Å². The average Bonchev–Trinajstić information content (AvgIpc) is 2.23. The molecule has 0 atom stereocenters. The predicted molar refractivity (Wildman–Crippen MR) is 31.9 cm³/mol. The van der Waals surface area contributed by atoms with Gasteiger partial charge in [0.1, 0.15) is 0 Å². The molecular formula is C5H12N2. The quantitative estimate of drug-likeness (QED) is 0.430. The molecule has 1 heterocycles. The first kappa shape index (κ1) is 6.63. The zero-order chi connectivity index (χ0) is 5.54. The Morgan fingerprint density at radius 3 is 1.71 bits per heavy atom. The van der Waals surface area contributed by atoms with Crippen molar-refractivity contribution in [2.75, 3.05) is 13.1 Å². The predicted octanol–water partition coefficient (Wildman–Crippen LogP) is 0.636. The van der Waals surface area contributed by atoms with Gasteiger partial charge < -0.3 is 10.7 Å². The van der Waals surface area contributed by atoms with Crippen molar-refractivity contribution >= 4 is 6.72 Å². The number of rotatable bonds is 0. The lowest BCUT2D eigenvalue weighted by Crippen LogP contribution is -2.03. The molecule has 0 aromatic carbocycles. The summed E-state index contributed by atoms with van der Waals surface area (Å²) in [7, 11) is 0. The Hall–Kier alpha value is -0.370. The van der Waals surface area contributed by atoms with E-state index in [1.165, 1.54) is 25.9 Å². The van der Waals surface area contributed by atoms with Crippen LogP contribution >= 0.6 is 0 Å². The van der Waals surface area contributed by atoms with Crippen LogP contribution in [0.4, 0.5) is 0 Å². The summed E-state index contributed by atoms with van der Waals surface area (Å²) in [5, 5.41) is 8.72. The smallest absolute Gasteiger partial charge is 0.00484 e. The fourth-order valence-corrected chi connectivity index (χ4v) is 0.625. The van der Waals surface area contributed by atoms with Crippen molar-refractivity contribution in [2.24, 2.45) is 0 Å². The summed E-state index contributed by atoms with van der Waals surface area (Å²) in [6.45, 7) is 5.00. The van der Waals surface area contributed by atoms with Crippen molar-refractivity contribution in [3.05, 3.63) is 0 Å². The first-order valence-corrected chi connectivity index (χ1v) is 2.56. The number of nitrogens with one attached hydrogen (secondary N) is 2. The lowest BCUT2D eigenvalue weighted by molar-refractivity contribution is 0.857. The van der Waals surface area contributed by atoms with Crippen LogP contribution in [-0.4, -0.2) is 19.8 Å². The zero-order valence-corrected chi connectivity index (χ0v) is 4.54. The van der Waals surface area contributed by atoms with Crippen LogP contribution in [0.5, 0.6) is 0 Å². The summed E-state index contributed by atoms with van der Waals surface area (Å²) in [6.07, 6.45) is 2.78. The third-order valence-electron chi connectivity index (χ3n) is 0.957. The second-order valence-electron chi connectivity index (χ2n) is 1.46. The molecule has 1 rings (SSSR count). The van der Waals surface area contributed by atoms with Crippen molar-refractivity contribution in [3.8, 4) is 0 Å². The fraction of sp³-hybridized carbons (Fsp3) is 0.800. The summed E-state index contributed by atoms with van der Waals surface area (Å²) < 4.78 is 0. The first-order valence-electron chi connectivity index (χ1n) is 2.56. The minimum absolute atomic E-state index is 1.25. The molecule has 0 radical (unpaired) electrons. The van der Waals surface area contributed by atoms with Gasteiger partial charge in [-0.15, -0.1) is 0 Å². The van der Waals surface area contributed by atoms with Crippen molar-refractivity contribution in [2.45, 2.75) is 12.8 Å². The highest BCUT2D eigenvalue weighted by atomic mass is 14.9. The van der Waals surface area contributed by atoms with Gasteiger partial charge in [0, 0.05) is 0 Å². The van der Waals surface area contributed by atoms with E-state index < -0.39 is 0 Å².